The Morgan fingerprint density at radius 2 is 1.87 bits per heavy atom. The maximum absolute atomic E-state index is 11.7. The summed E-state index contributed by atoms with van der Waals surface area (Å²) in [6.45, 7) is 1.57. The zero-order chi connectivity index (χ0) is 9.60. The Morgan fingerprint density at radius 1 is 1.13 bits per heavy atom. The smallest absolute Gasteiger partial charge is 0.255 e. The van der Waals surface area contributed by atoms with E-state index in [1.54, 1.807) is 0 Å². The van der Waals surface area contributed by atoms with E-state index < -0.39 is 0 Å². The summed E-state index contributed by atoms with van der Waals surface area (Å²) in [5, 5.41) is 9.46. The Morgan fingerprint density at radius 3 is 2.53 bits per heavy atom. The van der Waals surface area contributed by atoms with Crippen LogP contribution in [0.15, 0.2) is 24.3 Å². The molecule has 0 radical (unpaired) electrons. The lowest BCUT2D eigenvalue weighted by molar-refractivity contribution is 0.0866. The molecule has 3 rings (SSSR count). The van der Waals surface area contributed by atoms with Gasteiger partial charge in [-0.2, -0.15) is 0 Å². The molecule has 0 aliphatic carbocycles. The lowest BCUT2D eigenvalue weighted by Gasteiger charge is -2.47. The zero-order valence-corrected chi connectivity index (χ0v) is 8.86. The molecular weight excluding hydrogens is 214 g/mol. The van der Waals surface area contributed by atoms with E-state index in [9.17, 15) is 4.79 Å². The fourth-order valence-corrected chi connectivity index (χ4v) is 1.92. The summed E-state index contributed by atoms with van der Waals surface area (Å²) < 4.78 is 0. The van der Waals surface area contributed by atoms with E-state index in [-0.39, 0.29) is 24.0 Å². The number of benzene rings is 1. The third kappa shape index (κ3) is 1.46. The summed E-state index contributed by atoms with van der Waals surface area (Å²) in [7, 11) is 0. The van der Waals surface area contributed by atoms with E-state index in [0.29, 0.717) is 0 Å². The number of hydrogen-bond acceptors (Lipinski definition) is 3. The first kappa shape index (κ1) is 10.3. The van der Waals surface area contributed by atoms with Gasteiger partial charge in [0, 0.05) is 18.8 Å². The van der Waals surface area contributed by atoms with Crippen LogP contribution in [0.3, 0.4) is 0 Å². The molecule has 2 aliphatic heterocycles. The van der Waals surface area contributed by atoms with Gasteiger partial charge in [-0.1, -0.05) is 12.1 Å². The van der Waals surface area contributed by atoms with Crippen molar-refractivity contribution >= 4 is 24.0 Å². The van der Waals surface area contributed by atoms with E-state index in [1.165, 1.54) is 0 Å². The predicted octanol–water partition coefficient (Wildman–Crippen LogP) is 0.563. The van der Waals surface area contributed by atoms with Gasteiger partial charge in [0.2, 0.25) is 0 Å². The Balaban J connectivity index is 0.000000853. The van der Waals surface area contributed by atoms with Gasteiger partial charge in [-0.05, 0) is 12.1 Å². The second-order valence-corrected chi connectivity index (χ2v) is 3.81. The van der Waals surface area contributed by atoms with Crippen molar-refractivity contribution in [2.45, 2.75) is 5.66 Å². The number of para-hydroxylation sites is 1. The molecule has 1 fully saturated rings. The van der Waals surface area contributed by atoms with Crippen LogP contribution in [0.4, 0.5) is 5.69 Å². The van der Waals surface area contributed by atoms with E-state index in [0.717, 1.165) is 24.3 Å². The first-order valence-electron chi connectivity index (χ1n) is 4.70. The molecule has 15 heavy (non-hydrogen) atoms. The van der Waals surface area contributed by atoms with Crippen molar-refractivity contribution in [3.63, 3.8) is 0 Å². The van der Waals surface area contributed by atoms with Crippen LogP contribution in [-0.4, -0.2) is 24.7 Å². The maximum Gasteiger partial charge on any atom is 0.255 e. The van der Waals surface area contributed by atoms with Crippen LogP contribution in [0.5, 0.6) is 0 Å². The molecule has 0 bridgehead atoms. The van der Waals surface area contributed by atoms with Crippen LogP contribution in [0, 0.1) is 0 Å². The lowest BCUT2D eigenvalue weighted by atomic mass is 9.97. The normalized spacial score (nSPS) is 20.4. The van der Waals surface area contributed by atoms with Gasteiger partial charge in [-0.25, -0.2) is 0 Å². The molecule has 1 aromatic carbocycles. The summed E-state index contributed by atoms with van der Waals surface area (Å²) in [6, 6.07) is 7.58. The summed E-state index contributed by atoms with van der Waals surface area (Å²) >= 11 is 0. The Hall–Kier alpha value is -1.26. The van der Waals surface area contributed by atoms with Gasteiger partial charge in [0.25, 0.3) is 5.91 Å². The minimum atomic E-state index is -0.245. The summed E-state index contributed by atoms with van der Waals surface area (Å²) in [5.41, 5.74) is 1.41. The molecule has 3 N–H and O–H groups in total. The lowest BCUT2D eigenvalue weighted by Crippen LogP contribution is -2.74. The Bertz CT molecular complexity index is 403. The average Bonchev–Trinajstić information content (AvgIpc) is 2.15. The fourth-order valence-electron chi connectivity index (χ4n) is 1.92. The zero-order valence-electron chi connectivity index (χ0n) is 8.04. The number of anilines is 1. The molecule has 0 atom stereocenters. The molecule has 5 heteroatoms. The highest BCUT2D eigenvalue weighted by atomic mass is 35.5. The third-order valence-corrected chi connectivity index (χ3v) is 2.75. The average molecular weight is 226 g/mol. The largest absolute Gasteiger partial charge is 0.360 e. The monoisotopic (exact) mass is 225 g/mol. The standard InChI is InChI=1S/C10H11N3O.ClH/c14-9-7-3-1-2-4-8(7)12-10(13-9)5-11-6-10;/h1-4,11-12H,5-6H2,(H,13,14);1H. The maximum atomic E-state index is 11.7. The van der Waals surface area contributed by atoms with Crippen molar-refractivity contribution in [1.29, 1.82) is 0 Å². The van der Waals surface area contributed by atoms with Gasteiger partial charge in [0.05, 0.1) is 5.56 Å². The Labute approximate surface area is 93.8 Å². The molecule has 0 saturated carbocycles. The molecule has 1 aromatic rings. The van der Waals surface area contributed by atoms with Crippen LogP contribution in [0.25, 0.3) is 0 Å². The van der Waals surface area contributed by atoms with Crippen LogP contribution >= 0.6 is 12.4 Å². The first-order valence-corrected chi connectivity index (χ1v) is 4.70. The van der Waals surface area contributed by atoms with Crippen molar-refractivity contribution < 1.29 is 4.79 Å². The van der Waals surface area contributed by atoms with Gasteiger partial charge in [0.15, 0.2) is 0 Å². The van der Waals surface area contributed by atoms with Gasteiger partial charge in [-0.15, -0.1) is 12.4 Å². The van der Waals surface area contributed by atoms with Crippen LogP contribution in [-0.2, 0) is 0 Å². The number of halogens is 1. The van der Waals surface area contributed by atoms with Crippen LogP contribution in [0.1, 0.15) is 10.4 Å². The Kier molecular flexibility index (Phi) is 2.32. The second kappa shape index (κ2) is 3.40. The number of carbonyl (C=O) groups is 1. The van der Waals surface area contributed by atoms with Gasteiger partial charge >= 0.3 is 0 Å². The molecule has 1 amide bonds. The van der Waals surface area contributed by atoms with Crippen molar-refractivity contribution in [3.05, 3.63) is 29.8 Å². The minimum Gasteiger partial charge on any atom is -0.360 e. The van der Waals surface area contributed by atoms with E-state index >= 15 is 0 Å². The van der Waals surface area contributed by atoms with Crippen LogP contribution in [0.2, 0.25) is 0 Å². The molecule has 80 valence electrons. The fraction of sp³-hybridized carbons (Fsp3) is 0.300. The van der Waals surface area contributed by atoms with Crippen molar-refractivity contribution in [2.24, 2.45) is 0 Å². The topological polar surface area (TPSA) is 53.2 Å². The van der Waals surface area contributed by atoms with E-state index in [4.69, 9.17) is 0 Å². The summed E-state index contributed by atoms with van der Waals surface area (Å²) in [6.07, 6.45) is 0. The molecule has 1 spiro atoms. The number of fused-ring (bicyclic) bond motifs is 1. The molecule has 4 nitrogen and oxygen atoms in total. The first-order chi connectivity index (χ1) is 6.79. The van der Waals surface area contributed by atoms with Crippen molar-refractivity contribution in [1.82, 2.24) is 10.6 Å². The number of hydrogen-bond donors (Lipinski definition) is 3. The number of amides is 1. The number of rotatable bonds is 0. The second-order valence-electron chi connectivity index (χ2n) is 3.81. The number of nitrogens with one attached hydrogen (secondary N) is 3. The SMILES string of the molecule is Cl.O=C1NC2(CNC2)Nc2ccccc21. The molecule has 2 aliphatic rings. The molecule has 1 saturated heterocycles. The summed E-state index contributed by atoms with van der Waals surface area (Å²) in [5.74, 6) is 0.0147. The quantitative estimate of drug-likeness (QED) is 0.605. The van der Waals surface area contributed by atoms with Crippen molar-refractivity contribution in [2.75, 3.05) is 18.4 Å². The van der Waals surface area contributed by atoms with Gasteiger partial charge in [-0.3, -0.25) is 4.79 Å². The highest BCUT2D eigenvalue weighted by Crippen LogP contribution is 2.26. The highest BCUT2D eigenvalue weighted by molar-refractivity contribution is 6.02. The van der Waals surface area contributed by atoms with E-state index in [2.05, 4.69) is 16.0 Å². The minimum absolute atomic E-state index is 0. The van der Waals surface area contributed by atoms with Crippen LogP contribution < -0.4 is 16.0 Å². The summed E-state index contributed by atoms with van der Waals surface area (Å²) in [4.78, 5) is 11.7. The molecule has 0 aromatic heterocycles. The van der Waals surface area contributed by atoms with Gasteiger partial charge in [0.1, 0.15) is 5.66 Å². The van der Waals surface area contributed by atoms with Gasteiger partial charge < -0.3 is 16.0 Å². The van der Waals surface area contributed by atoms with E-state index in [1.807, 2.05) is 24.3 Å². The molecular formula is C10H12ClN3O. The number of carbonyl (C=O) groups excluding carboxylic acids is 1. The highest BCUT2D eigenvalue weighted by Gasteiger charge is 2.42. The molecule has 0 unspecified atom stereocenters. The third-order valence-electron chi connectivity index (χ3n) is 2.75. The predicted molar refractivity (Wildman–Crippen MR) is 60.4 cm³/mol. The van der Waals surface area contributed by atoms with Crippen molar-refractivity contribution in [3.8, 4) is 0 Å². The molecule has 2 heterocycles.